The van der Waals surface area contributed by atoms with Gasteiger partial charge in [-0.15, -0.1) is 6.58 Å². The van der Waals surface area contributed by atoms with Gasteiger partial charge >= 0.3 is 0 Å². The van der Waals surface area contributed by atoms with Gasteiger partial charge in [0, 0.05) is 6.54 Å². The monoisotopic (exact) mass is 411 g/mol. The number of aryl methyl sites for hydroxylation is 1. The van der Waals surface area contributed by atoms with Crippen molar-refractivity contribution in [3.63, 3.8) is 0 Å². The molecular formula is C22H21NO3S2. The van der Waals surface area contributed by atoms with E-state index in [4.69, 9.17) is 21.7 Å². The molecule has 144 valence electrons. The molecule has 0 atom stereocenters. The van der Waals surface area contributed by atoms with Crippen LogP contribution in [-0.2, 0) is 11.4 Å². The van der Waals surface area contributed by atoms with Crippen LogP contribution in [0.4, 0.5) is 0 Å². The van der Waals surface area contributed by atoms with Gasteiger partial charge in [0.2, 0.25) is 0 Å². The second-order valence-corrected chi connectivity index (χ2v) is 7.94. The largest absolute Gasteiger partial charge is 0.493 e. The third-order valence-electron chi connectivity index (χ3n) is 4.19. The van der Waals surface area contributed by atoms with Gasteiger partial charge in [0.1, 0.15) is 10.9 Å². The summed E-state index contributed by atoms with van der Waals surface area (Å²) in [6.45, 7) is 6.59. The van der Waals surface area contributed by atoms with Crippen LogP contribution in [0.3, 0.4) is 0 Å². The molecule has 1 amide bonds. The summed E-state index contributed by atoms with van der Waals surface area (Å²) >= 11 is 6.56. The molecule has 28 heavy (non-hydrogen) atoms. The van der Waals surface area contributed by atoms with Crippen LogP contribution >= 0.6 is 24.0 Å². The first-order chi connectivity index (χ1) is 13.5. The predicted octanol–water partition coefficient (Wildman–Crippen LogP) is 4.97. The van der Waals surface area contributed by atoms with Crippen molar-refractivity contribution in [1.29, 1.82) is 0 Å². The Hall–Kier alpha value is -2.57. The van der Waals surface area contributed by atoms with Crippen LogP contribution in [0.2, 0.25) is 0 Å². The Morgan fingerprint density at radius 2 is 1.93 bits per heavy atom. The molecule has 1 aliphatic rings. The summed E-state index contributed by atoms with van der Waals surface area (Å²) in [5.41, 5.74) is 3.14. The molecule has 1 aliphatic heterocycles. The van der Waals surface area contributed by atoms with Gasteiger partial charge in [-0.1, -0.05) is 66.0 Å². The lowest BCUT2D eigenvalue weighted by molar-refractivity contribution is -0.121. The van der Waals surface area contributed by atoms with Crippen molar-refractivity contribution in [2.24, 2.45) is 0 Å². The maximum absolute atomic E-state index is 12.5. The average Bonchev–Trinajstić information content (AvgIpc) is 2.96. The van der Waals surface area contributed by atoms with Gasteiger partial charge in [0.15, 0.2) is 11.5 Å². The lowest BCUT2D eigenvalue weighted by atomic mass is 10.1. The van der Waals surface area contributed by atoms with E-state index in [9.17, 15) is 4.79 Å². The number of amides is 1. The number of carbonyl (C=O) groups excluding carboxylic acids is 1. The van der Waals surface area contributed by atoms with Crippen molar-refractivity contribution in [1.82, 2.24) is 4.90 Å². The number of methoxy groups -OCH3 is 1. The fraction of sp³-hybridized carbons (Fsp3) is 0.182. The smallest absolute Gasteiger partial charge is 0.266 e. The van der Waals surface area contributed by atoms with Crippen LogP contribution in [0.15, 0.2) is 60.0 Å². The number of benzene rings is 2. The quantitative estimate of drug-likeness (QED) is 0.365. The van der Waals surface area contributed by atoms with Crippen molar-refractivity contribution in [2.75, 3.05) is 13.7 Å². The number of thiocarbonyl (C=S) groups is 1. The van der Waals surface area contributed by atoms with Crippen LogP contribution in [0.1, 0.15) is 16.7 Å². The lowest BCUT2D eigenvalue weighted by Gasteiger charge is -2.12. The van der Waals surface area contributed by atoms with Gasteiger partial charge in [-0.25, -0.2) is 0 Å². The van der Waals surface area contributed by atoms with E-state index < -0.39 is 0 Å². The number of ether oxygens (including phenoxy) is 2. The molecule has 4 nitrogen and oxygen atoms in total. The Balaban J connectivity index is 1.76. The Morgan fingerprint density at radius 1 is 1.18 bits per heavy atom. The zero-order valence-corrected chi connectivity index (χ0v) is 17.4. The van der Waals surface area contributed by atoms with E-state index in [2.05, 4.69) is 25.6 Å². The first-order valence-electron chi connectivity index (χ1n) is 8.74. The van der Waals surface area contributed by atoms with E-state index >= 15 is 0 Å². The van der Waals surface area contributed by atoms with E-state index in [0.717, 1.165) is 11.1 Å². The number of hydrogen-bond acceptors (Lipinski definition) is 5. The minimum absolute atomic E-state index is 0.103. The lowest BCUT2D eigenvalue weighted by Crippen LogP contribution is -2.27. The highest BCUT2D eigenvalue weighted by molar-refractivity contribution is 8.26. The summed E-state index contributed by atoms with van der Waals surface area (Å²) < 4.78 is 11.9. The highest BCUT2D eigenvalue weighted by atomic mass is 32.2. The molecule has 0 aromatic heterocycles. The fourth-order valence-corrected chi connectivity index (χ4v) is 3.95. The van der Waals surface area contributed by atoms with Gasteiger partial charge in [-0.05, 0) is 36.3 Å². The highest BCUT2D eigenvalue weighted by Gasteiger charge is 2.30. The first kappa shape index (κ1) is 20.2. The SMILES string of the molecule is C=CCN1C(=O)/C(=C\c2ccc(OCc3ccc(C)cc3)c(OC)c2)SC1=S. The molecule has 0 radical (unpaired) electrons. The molecule has 1 heterocycles. The Bertz CT molecular complexity index is 935. The maximum atomic E-state index is 12.5. The summed E-state index contributed by atoms with van der Waals surface area (Å²) in [7, 11) is 1.60. The number of carbonyl (C=O) groups is 1. The Kier molecular flexibility index (Phi) is 6.54. The summed E-state index contributed by atoms with van der Waals surface area (Å²) in [5, 5.41) is 0. The molecule has 0 bridgehead atoms. The van der Waals surface area contributed by atoms with Crippen molar-refractivity contribution >= 4 is 40.3 Å². The van der Waals surface area contributed by atoms with E-state index in [1.165, 1.54) is 22.2 Å². The van der Waals surface area contributed by atoms with Crippen molar-refractivity contribution in [3.8, 4) is 11.5 Å². The summed E-state index contributed by atoms with van der Waals surface area (Å²) in [6.07, 6.45) is 3.48. The van der Waals surface area contributed by atoms with E-state index in [-0.39, 0.29) is 5.91 Å². The molecule has 1 fully saturated rings. The van der Waals surface area contributed by atoms with E-state index in [1.54, 1.807) is 13.2 Å². The first-order valence-corrected chi connectivity index (χ1v) is 9.97. The van der Waals surface area contributed by atoms with Crippen molar-refractivity contribution < 1.29 is 14.3 Å². The van der Waals surface area contributed by atoms with E-state index in [1.807, 2.05) is 36.4 Å². The van der Waals surface area contributed by atoms with Crippen LogP contribution in [0, 0.1) is 6.92 Å². The van der Waals surface area contributed by atoms with Crippen LogP contribution < -0.4 is 9.47 Å². The third kappa shape index (κ3) is 4.64. The van der Waals surface area contributed by atoms with Gasteiger partial charge in [-0.3, -0.25) is 9.69 Å². The highest BCUT2D eigenvalue weighted by Crippen LogP contribution is 2.34. The molecular weight excluding hydrogens is 390 g/mol. The second kappa shape index (κ2) is 9.08. The standard InChI is InChI=1S/C22H21NO3S2/c1-4-11-23-21(24)20(28-22(23)27)13-17-9-10-18(19(12-17)25-3)26-14-16-7-5-15(2)6-8-16/h4-10,12-13H,1,11,14H2,2-3H3/b20-13+. The molecule has 0 N–H and O–H groups in total. The molecule has 0 spiro atoms. The zero-order valence-electron chi connectivity index (χ0n) is 15.8. The number of rotatable bonds is 7. The number of thioether (sulfide) groups is 1. The molecule has 0 unspecified atom stereocenters. The fourth-order valence-electron chi connectivity index (χ4n) is 2.68. The summed E-state index contributed by atoms with van der Waals surface area (Å²) in [5.74, 6) is 1.16. The normalized spacial score (nSPS) is 15.2. The topological polar surface area (TPSA) is 38.8 Å². The zero-order chi connectivity index (χ0) is 20.1. The maximum Gasteiger partial charge on any atom is 0.266 e. The Morgan fingerprint density at radius 3 is 2.61 bits per heavy atom. The second-order valence-electron chi connectivity index (χ2n) is 6.27. The summed E-state index contributed by atoms with van der Waals surface area (Å²) in [4.78, 5) is 14.6. The number of nitrogens with zero attached hydrogens (tertiary/aromatic N) is 1. The molecule has 0 aliphatic carbocycles. The van der Waals surface area contributed by atoms with Gasteiger partial charge < -0.3 is 9.47 Å². The van der Waals surface area contributed by atoms with Gasteiger partial charge in [0.05, 0.1) is 12.0 Å². The molecule has 1 saturated heterocycles. The number of hydrogen-bond donors (Lipinski definition) is 0. The minimum Gasteiger partial charge on any atom is -0.493 e. The molecule has 6 heteroatoms. The van der Waals surface area contributed by atoms with Crippen LogP contribution in [0.5, 0.6) is 11.5 Å². The predicted molar refractivity (Wildman–Crippen MR) is 119 cm³/mol. The van der Waals surface area contributed by atoms with Crippen LogP contribution in [-0.4, -0.2) is 28.8 Å². The van der Waals surface area contributed by atoms with Crippen molar-refractivity contribution in [2.45, 2.75) is 13.5 Å². The van der Waals surface area contributed by atoms with E-state index in [0.29, 0.717) is 33.9 Å². The molecule has 2 aromatic carbocycles. The third-order valence-corrected chi connectivity index (χ3v) is 5.56. The van der Waals surface area contributed by atoms with Gasteiger partial charge in [-0.2, -0.15) is 0 Å². The van der Waals surface area contributed by atoms with Gasteiger partial charge in [0.25, 0.3) is 5.91 Å². The Labute approximate surface area is 174 Å². The average molecular weight is 412 g/mol. The molecule has 2 aromatic rings. The molecule has 0 saturated carbocycles. The van der Waals surface area contributed by atoms with Crippen molar-refractivity contribution in [3.05, 3.63) is 76.7 Å². The summed E-state index contributed by atoms with van der Waals surface area (Å²) in [6, 6.07) is 13.8. The van der Waals surface area contributed by atoms with Crippen LogP contribution in [0.25, 0.3) is 6.08 Å². The molecule has 3 rings (SSSR count). The minimum atomic E-state index is -0.103.